The molecule has 2 saturated heterocycles. The Bertz CT molecular complexity index is 740. The SMILES string of the molecule is CN=C(NCc1ccc(S(=O)(=O)NCC2CCCO2)cc1)NCC1CCCO1. The zero-order valence-electron chi connectivity index (χ0n) is 16.3. The van der Waals surface area contributed by atoms with Crippen molar-refractivity contribution in [3.05, 3.63) is 29.8 Å². The Morgan fingerprint density at radius 1 is 1.04 bits per heavy atom. The molecule has 1 aromatic carbocycles. The fraction of sp³-hybridized carbons (Fsp3) is 0.632. The fourth-order valence-electron chi connectivity index (χ4n) is 3.30. The Hall–Kier alpha value is -1.68. The number of nitrogens with zero attached hydrogens (tertiary/aromatic N) is 1. The summed E-state index contributed by atoms with van der Waals surface area (Å²) >= 11 is 0. The van der Waals surface area contributed by atoms with Crippen molar-refractivity contribution >= 4 is 16.0 Å². The second-order valence-electron chi connectivity index (χ2n) is 7.07. The molecule has 0 bridgehead atoms. The lowest BCUT2D eigenvalue weighted by Crippen LogP contribution is -2.40. The highest BCUT2D eigenvalue weighted by Gasteiger charge is 2.20. The van der Waals surface area contributed by atoms with Crippen molar-refractivity contribution < 1.29 is 17.9 Å². The van der Waals surface area contributed by atoms with Gasteiger partial charge in [-0.05, 0) is 43.4 Å². The van der Waals surface area contributed by atoms with Crippen molar-refractivity contribution in [3.8, 4) is 0 Å². The van der Waals surface area contributed by atoms with Crippen LogP contribution in [0, 0.1) is 0 Å². The van der Waals surface area contributed by atoms with Gasteiger partial charge in [0.1, 0.15) is 0 Å². The Balaban J connectivity index is 1.46. The summed E-state index contributed by atoms with van der Waals surface area (Å²) in [6.45, 7) is 3.14. The quantitative estimate of drug-likeness (QED) is 0.436. The predicted molar refractivity (Wildman–Crippen MR) is 108 cm³/mol. The van der Waals surface area contributed by atoms with E-state index in [-0.39, 0.29) is 17.1 Å². The van der Waals surface area contributed by atoms with E-state index < -0.39 is 10.0 Å². The van der Waals surface area contributed by atoms with Crippen molar-refractivity contribution in [2.45, 2.75) is 49.3 Å². The maximum absolute atomic E-state index is 12.4. The summed E-state index contributed by atoms with van der Waals surface area (Å²) in [6.07, 6.45) is 4.28. The molecule has 8 nitrogen and oxygen atoms in total. The number of sulfonamides is 1. The Morgan fingerprint density at radius 3 is 2.25 bits per heavy atom. The average molecular weight is 411 g/mol. The first kappa shape index (κ1) is 21.0. The van der Waals surface area contributed by atoms with Gasteiger partial charge in [-0.3, -0.25) is 4.99 Å². The third-order valence-corrected chi connectivity index (χ3v) is 6.40. The molecule has 2 fully saturated rings. The van der Waals surface area contributed by atoms with E-state index in [1.165, 1.54) is 0 Å². The van der Waals surface area contributed by atoms with Gasteiger partial charge >= 0.3 is 0 Å². The summed E-state index contributed by atoms with van der Waals surface area (Å²) in [4.78, 5) is 4.46. The molecule has 2 unspecified atom stereocenters. The molecule has 28 heavy (non-hydrogen) atoms. The van der Waals surface area contributed by atoms with Gasteiger partial charge in [-0.1, -0.05) is 12.1 Å². The van der Waals surface area contributed by atoms with E-state index in [9.17, 15) is 8.42 Å². The van der Waals surface area contributed by atoms with Crippen LogP contribution in [0.3, 0.4) is 0 Å². The maximum atomic E-state index is 12.4. The molecule has 1 aromatic rings. The first-order chi connectivity index (χ1) is 13.6. The lowest BCUT2D eigenvalue weighted by Gasteiger charge is -2.15. The first-order valence-electron chi connectivity index (χ1n) is 9.83. The van der Waals surface area contributed by atoms with Gasteiger partial charge in [-0.25, -0.2) is 13.1 Å². The number of hydrogen-bond donors (Lipinski definition) is 3. The zero-order valence-corrected chi connectivity index (χ0v) is 17.1. The minimum absolute atomic E-state index is 0.0212. The van der Waals surface area contributed by atoms with Crippen LogP contribution in [0.15, 0.2) is 34.2 Å². The van der Waals surface area contributed by atoms with Crippen molar-refractivity contribution in [1.82, 2.24) is 15.4 Å². The number of guanidine groups is 1. The minimum Gasteiger partial charge on any atom is -0.377 e. The highest BCUT2D eigenvalue weighted by molar-refractivity contribution is 7.89. The normalized spacial score (nSPS) is 23.1. The number of rotatable bonds is 8. The summed E-state index contributed by atoms with van der Waals surface area (Å²) in [6, 6.07) is 6.86. The molecule has 2 heterocycles. The molecular formula is C19H30N4O4S. The highest BCUT2D eigenvalue weighted by Crippen LogP contribution is 2.14. The van der Waals surface area contributed by atoms with Crippen LogP contribution in [-0.2, 0) is 26.0 Å². The van der Waals surface area contributed by atoms with Crippen LogP contribution in [0.2, 0.25) is 0 Å². The molecule has 0 radical (unpaired) electrons. The van der Waals surface area contributed by atoms with Gasteiger partial charge < -0.3 is 20.1 Å². The van der Waals surface area contributed by atoms with E-state index in [1.54, 1.807) is 31.3 Å². The first-order valence-corrected chi connectivity index (χ1v) is 11.3. The summed E-state index contributed by atoms with van der Waals surface area (Å²) in [5, 5.41) is 6.49. The van der Waals surface area contributed by atoms with Crippen molar-refractivity contribution in [1.29, 1.82) is 0 Å². The molecule has 2 aliphatic rings. The molecule has 156 valence electrons. The second kappa shape index (κ2) is 10.2. The Kier molecular flexibility index (Phi) is 7.66. The van der Waals surface area contributed by atoms with Crippen LogP contribution >= 0.6 is 0 Å². The second-order valence-corrected chi connectivity index (χ2v) is 8.84. The van der Waals surface area contributed by atoms with Crippen LogP contribution < -0.4 is 15.4 Å². The average Bonchev–Trinajstić information content (AvgIpc) is 3.41. The molecule has 0 aromatic heterocycles. The van der Waals surface area contributed by atoms with E-state index >= 15 is 0 Å². The van der Waals surface area contributed by atoms with E-state index in [1.807, 2.05) is 0 Å². The van der Waals surface area contributed by atoms with E-state index in [2.05, 4.69) is 20.3 Å². The Labute approximate surface area is 167 Å². The van der Waals surface area contributed by atoms with Gasteiger partial charge in [0.05, 0.1) is 17.1 Å². The summed E-state index contributed by atoms with van der Waals surface area (Å²) in [5.41, 5.74) is 0.971. The topological polar surface area (TPSA) is 101 Å². The lowest BCUT2D eigenvalue weighted by atomic mass is 10.2. The molecule has 0 spiro atoms. The molecule has 3 N–H and O–H groups in total. The number of ether oxygens (including phenoxy) is 2. The van der Waals surface area contributed by atoms with Gasteiger partial charge in [0, 0.05) is 39.9 Å². The summed E-state index contributed by atoms with van der Waals surface area (Å²) in [7, 11) is -1.80. The molecule has 2 atom stereocenters. The number of benzene rings is 1. The summed E-state index contributed by atoms with van der Waals surface area (Å²) < 4.78 is 38.5. The van der Waals surface area contributed by atoms with Gasteiger partial charge in [0.25, 0.3) is 0 Å². The largest absolute Gasteiger partial charge is 0.377 e. The molecule has 0 aliphatic carbocycles. The van der Waals surface area contributed by atoms with Gasteiger partial charge in [-0.2, -0.15) is 0 Å². The monoisotopic (exact) mass is 410 g/mol. The third kappa shape index (κ3) is 6.16. The van der Waals surface area contributed by atoms with Crippen LogP contribution in [-0.4, -0.2) is 59.9 Å². The van der Waals surface area contributed by atoms with Crippen LogP contribution in [0.1, 0.15) is 31.2 Å². The van der Waals surface area contributed by atoms with Gasteiger partial charge in [-0.15, -0.1) is 0 Å². The number of aliphatic imine (C=N–C) groups is 1. The summed E-state index contributed by atoms with van der Waals surface area (Å²) in [5.74, 6) is 0.699. The highest BCUT2D eigenvalue weighted by atomic mass is 32.2. The lowest BCUT2D eigenvalue weighted by molar-refractivity contribution is 0.113. The standard InChI is InChI=1S/C19H30N4O4S/c1-20-19(22-13-16-4-2-10-26-16)21-12-15-6-8-18(9-7-15)28(24,25)23-14-17-5-3-11-27-17/h6-9,16-17,23H,2-5,10-14H2,1H3,(H2,20,21,22). The van der Waals surface area contributed by atoms with Crippen LogP contribution in [0.25, 0.3) is 0 Å². The zero-order chi connectivity index (χ0) is 19.8. The number of hydrogen-bond acceptors (Lipinski definition) is 5. The van der Waals surface area contributed by atoms with Crippen LogP contribution in [0.4, 0.5) is 0 Å². The van der Waals surface area contributed by atoms with Gasteiger partial charge in [0.2, 0.25) is 10.0 Å². The van der Waals surface area contributed by atoms with Crippen molar-refractivity contribution in [2.24, 2.45) is 4.99 Å². The molecule has 0 amide bonds. The maximum Gasteiger partial charge on any atom is 0.240 e. The predicted octanol–water partition coefficient (Wildman–Crippen LogP) is 0.988. The van der Waals surface area contributed by atoms with Crippen molar-refractivity contribution in [2.75, 3.05) is 33.4 Å². The van der Waals surface area contributed by atoms with E-state index in [0.717, 1.165) is 44.4 Å². The number of nitrogens with one attached hydrogen (secondary N) is 3. The third-order valence-electron chi connectivity index (χ3n) is 4.96. The smallest absolute Gasteiger partial charge is 0.240 e. The van der Waals surface area contributed by atoms with Gasteiger partial charge in [0.15, 0.2) is 5.96 Å². The van der Waals surface area contributed by atoms with Crippen LogP contribution in [0.5, 0.6) is 0 Å². The Morgan fingerprint density at radius 2 is 1.68 bits per heavy atom. The molecule has 9 heteroatoms. The minimum atomic E-state index is -3.52. The molecule has 0 saturated carbocycles. The van der Waals surface area contributed by atoms with E-state index in [0.29, 0.717) is 25.7 Å². The molecule has 3 rings (SSSR count). The van der Waals surface area contributed by atoms with E-state index in [4.69, 9.17) is 9.47 Å². The fourth-order valence-corrected chi connectivity index (χ4v) is 4.37. The van der Waals surface area contributed by atoms with Crippen molar-refractivity contribution in [3.63, 3.8) is 0 Å². The molecular weight excluding hydrogens is 380 g/mol. The molecule has 2 aliphatic heterocycles.